The summed E-state index contributed by atoms with van der Waals surface area (Å²) in [6, 6.07) is 0. The molecule has 1 aromatic heterocycles. The minimum atomic E-state index is -0.583. The Morgan fingerprint density at radius 3 is 2.85 bits per heavy atom. The summed E-state index contributed by atoms with van der Waals surface area (Å²) in [6.45, 7) is 3.74. The lowest BCUT2D eigenvalue weighted by Crippen LogP contribution is -2.55. The first-order chi connectivity index (χ1) is 9.58. The second-order valence-electron chi connectivity index (χ2n) is 6.26. The van der Waals surface area contributed by atoms with Gasteiger partial charge < -0.3 is 10.6 Å². The van der Waals surface area contributed by atoms with Crippen LogP contribution in [0.2, 0.25) is 0 Å². The van der Waals surface area contributed by atoms with Crippen molar-refractivity contribution >= 4 is 17.2 Å². The Balaban J connectivity index is 1.70. The molecule has 1 amide bonds. The van der Waals surface area contributed by atoms with Crippen molar-refractivity contribution in [2.75, 3.05) is 13.1 Å². The maximum Gasteiger partial charge on any atom is 0.242 e. The molecule has 1 saturated carbocycles. The van der Waals surface area contributed by atoms with Gasteiger partial charge in [-0.05, 0) is 32.6 Å². The van der Waals surface area contributed by atoms with Crippen molar-refractivity contribution in [2.24, 2.45) is 5.73 Å². The van der Waals surface area contributed by atoms with Gasteiger partial charge in [0.05, 0.1) is 10.5 Å². The number of hydrogen-bond donors (Lipinski definition) is 1. The molecule has 3 rings (SSSR count). The van der Waals surface area contributed by atoms with Crippen LogP contribution in [0, 0.1) is 6.92 Å². The number of amides is 1. The van der Waals surface area contributed by atoms with E-state index in [9.17, 15) is 4.79 Å². The van der Waals surface area contributed by atoms with Gasteiger partial charge >= 0.3 is 0 Å². The first kappa shape index (κ1) is 14.0. The number of nitrogens with zero attached hydrogens (tertiary/aromatic N) is 2. The van der Waals surface area contributed by atoms with Crippen LogP contribution in [0.4, 0.5) is 0 Å². The van der Waals surface area contributed by atoms with Crippen LogP contribution in [-0.4, -0.2) is 34.4 Å². The number of carbonyl (C=O) groups excluding carboxylic acids is 1. The molecule has 0 spiro atoms. The molecule has 1 aliphatic heterocycles. The molecule has 0 bridgehead atoms. The molecule has 0 aromatic carbocycles. The average molecular weight is 293 g/mol. The predicted molar refractivity (Wildman–Crippen MR) is 80.8 cm³/mol. The Bertz CT molecular complexity index is 493. The number of carbonyl (C=O) groups is 1. The predicted octanol–water partition coefficient (Wildman–Crippen LogP) is 2.43. The van der Waals surface area contributed by atoms with Crippen molar-refractivity contribution in [1.29, 1.82) is 0 Å². The maximum absolute atomic E-state index is 12.7. The molecule has 20 heavy (non-hydrogen) atoms. The van der Waals surface area contributed by atoms with Gasteiger partial charge in [-0.3, -0.25) is 4.79 Å². The van der Waals surface area contributed by atoms with Crippen LogP contribution >= 0.6 is 11.3 Å². The summed E-state index contributed by atoms with van der Waals surface area (Å²) in [5.74, 6) is 0.574. The third kappa shape index (κ3) is 2.61. The molecule has 2 fully saturated rings. The number of hydrogen-bond acceptors (Lipinski definition) is 4. The molecular formula is C15H23N3OS. The molecule has 4 nitrogen and oxygen atoms in total. The van der Waals surface area contributed by atoms with Crippen LogP contribution in [0.1, 0.15) is 54.3 Å². The summed E-state index contributed by atoms with van der Waals surface area (Å²) < 4.78 is 0. The first-order valence-electron chi connectivity index (χ1n) is 7.59. The van der Waals surface area contributed by atoms with Gasteiger partial charge in [-0.2, -0.15) is 0 Å². The largest absolute Gasteiger partial charge is 0.340 e. The van der Waals surface area contributed by atoms with E-state index in [0.717, 1.165) is 51.6 Å². The molecule has 1 atom stereocenters. The molecule has 1 saturated heterocycles. The second kappa shape index (κ2) is 5.45. The van der Waals surface area contributed by atoms with Gasteiger partial charge in [-0.25, -0.2) is 4.98 Å². The van der Waals surface area contributed by atoms with E-state index in [1.54, 1.807) is 11.3 Å². The zero-order chi connectivity index (χ0) is 14.2. The molecule has 5 heteroatoms. The maximum atomic E-state index is 12.7. The highest BCUT2D eigenvalue weighted by molar-refractivity contribution is 7.11. The van der Waals surface area contributed by atoms with Crippen molar-refractivity contribution in [2.45, 2.75) is 56.9 Å². The van der Waals surface area contributed by atoms with E-state index < -0.39 is 5.54 Å². The van der Waals surface area contributed by atoms with Crippen molar-refractivity contribution in [3.63, 3.8) is 0 Å². The van der Waals surface area contributed by atoms with Gasteiger partial charge in [0.15, 0.2) is 0 Å². The Morgan fingerprint density at radius 1 is 1.45 bits per heavy atom. The van der Waals surface area contributed by atoms with Crippen LogP contribution in [0.25, 0.3) is 0 Å². The topological polar surface area (TPSA) is 59.2 Å². The highest BCUT2D eigenvalue weighted by Crippen LogP contribution is 2.33. The Hall–Kier alpha value is -0.940. The number of aromatic nitrogens is 1. The van der Waals surface area contributed by atoms with Crippen LogP contribution in [-0.2, 0) is 4.79 Å². The van der Waals surface area contributed by atoms with E-state index in [0.29, 0.717) is 5.92 Å². The third-order valence-electron chi connectivity index (χ3n) is 4.62. The number of aryl methyl sites for hydroxylation is 1. The third-order valence-corrected chi connectivity index (χ3v) is 5.69. The van der Waals surface area contributed by atoms with Crippen LogP contribution < -0.4 is 5.73 Å². The van der Waals surface area contributed by atoms with Crippen molar-refractivity contribution in [1.82, 2.24) is 9.88 Å². The summed E-state index contributed by atoms with van der Waals surface area (Å²) in [5.41, 5.74) is 5.73. The first-order valence-corrected chi connectivity index (χ1v) is 8.41. The van der Waals surface area contributed by atoms with E-state index >= 15 is 0 Å². The molecule has 2 N–H and O–H groups in total. The summed E-state index contributed by atoms with van der Waals surface area (Å²) >= 11 is 1.76. The van der Waals surface area contributed by atoms with Gasteiger partial charge in [0, 0.05) is 30.1 Å². The summed E-state index contributed by atoms with van der Waals surface area (Å²) in [7, 11) is 0. The fourth-order valence-corrected chi connectivity index (χ4v) is 4.36. The fraction of sp³-hybridized carbons (Fsp3) is 0.733. The molecule has 2 heterocycles. The molecule has 0 unspecified atom stereocenters. The second-order valence-corrected chi connectivity index (χ2v) is 7.53. The lowest BCUT2D eigenvalue weighted by atomic mass is 9.93. The van der Waals surface area contributed by atoms with Crippen LogP contribution in [0.3, 0.4) is 0 Å². The number of likely N-dealkylation sites (tertiary alicyclic amines) is 1. The lowest BCUT2D eigenvalue weighted by Gasteiger charge is -2.36. The number of nitrogens with two attached hydrogens (primary N) is 1. The van der Waals surface area contributed by atoms with Crippen molar-refractivity contribution < 1.29 is 4.79 Å². The highest BCUT2D eigenvalue weighted by Gasteiger charge is 2.41. The highest BCUT2D eigenvalue weighted by atomic mass is 32.1. The zero-order valence-electron chi connectivity index (χ0n) is 12.1. The number of rotatable bonds is 2. The van der Waals surface area contributed by atoms with Crippen LogP contribution in [0.5, 0.6) is 0 Å². The van der Waals surface area contributed by atoms with Gasteiger partial charge in [-0.15, -0.1) is 11.3 Å². The SMILES string of the molecule is Cc1cnc([C@H]2CCCN(C(=O)C3(N)CCCC3)C2)s1. The normalized spacial score (nSPS) is 25.9. The van der Waals surface area contributed by atoms with E-state index in [1.807, 2.05) is 11.1 Å². The zero-order valence-corrected chi connectivity index (χ0v) is 12.9. The minimum absolute atomic E-state index is 0.174. The fourth-order valence-electron chi connectivity index (χ4n) is 3.46. The quantitative estimate of drug-likeness (QED) is 0.911. The van der Waals surface area contributed by atoms with E-state index in [2.05, 4.69) is 11.9 Å². The molecular weight excluding hydrogens is 270 g/mol. The molecule has 1 aliphatic carbocycles. The van der Waals surface area contributed by atoms with Gasteiger partial charge in [0.2, 0.25) is 5.91 Å². The van der Waals surface area contributed by atoms with Gasteiger partial charge in [-0.1, -0.05) is 12.8 Å². The summed E-state index contributed by atoms with van der Waals surface area (Å²) in [4.78, 5) is 20.4. The minimum Gasteiger partial charge on any atom is -0.340 e. The smallest absolute Gasteiger partial charge is 0.242 e. The standard InChI is InChI=1S/C15H23N3OS/c1-11-9-17-13(20-11)12-5-4-8-18(10-12)14(19)15(16)6-2-3-7-15/h9,12H,2-8,10,16H2,1H3/t12-/m0/s1. The molecule has 1 aromatic rings. The van der Waals surface area contributed by atoms with Crippen molar-refractivity contribution in [3.8, 4) is 0 Å². The molecule has 0 radical (unpaired) electrons. The van der Waals surface area contributed by atoms with Crippen molar-refractivity contribution in [3.05, 3.63) is 16.1 Å². The number of piperidine rings is 1. The Morgan fingerprint density at radius 2 is 2.20 bits per heavy atom. The van der Waals surface area contributed by atoms with Crippen LogP contribution in [0.15, 0.2) is 6.20 Å². The summed E-state index contributed by atoms with van der Waals surface area (Å²) in [6.07, 6.45) is 8.00. The van der Waals surface area contributed by atoms with E-state index in [4.69, 9.17) is 5.73 Å². The number of thiazole rings is 1. The van der Waals surface area contributed by atoms with Gasteiger partial charge in [0.25, 0.3) is 0 Å². The monoisotopic (exact) mass is 293 g/mol. The Labute approximate surface area is 124 Å². The van der Waals surface area contributed by atoms with Gasteiger partial charge in [0.1, 0.15) is 0 Å². The Kier molecular flexibility index (Phi) is 3.82. The molecule has 110 valence electrons. The average Bonchev–Trinajstić information content (AvgIpc) is 3.08. The summed E-state index contributed by atoms with van der Waals surface area (Å²) in [5, 5.41) is 1.18. The van der Waals surface area contributed by atoms with E-state index in [1.165, 1.54) is 9.88 Å². The molecule has 2 aliphatic rings. The van der Waals surface area contributed by atoms with E-state index in [-0.39, 0.29) is 5.91 Å². The lowest BCUT2D eigenvalue weighted by molar-refractivity contribution is -0.138.